The van der Waals surface area contributed by atoms with Crippen molar-refractivity contribution < 1.29 is 14.2 Å². The normalized spacial score (nSPS) is 17.9. The van der Waals surface area contributed by atoms with E-state index in [1.807, 2.05) is 6.92 Å². The van der Waals surface area contributed by atoms with E-state index in [9.17, 15) is 4.79 Å². The molecule has 152 valence electrons. The fourth-order valence-corrected chi connectivity index (χ4v) is 4.38. The van der Waals surface area contributed by atoms with Gasteiger partial charge < -0.3 is 14.2 Å². The van der Waals surface area contributed by atoms with E-state index in [0.717, 1.165) is 25.0 Å². The van der Waals surface area contributed by atoms with Crippen LogP contribution in [-0.4, -0.2) is 22.1 Å². The summed E-state index contributed by atoms with van der Waals surface area (Å²) in [4.78, 5) is 22.6. The van der Waals surface area contributed by atoms with Gasteiger partial charge >= 0.3 is 6.01 Å². The van der Waals surface area contributed by atoms with E-state index in [2.05, 4.69) is 4.98 Å². The summed E-state index contributed by atoms with van der Waals surface area (Å²) < 4.78 is 18.4. The molecule has 0 N–H and O–H groups in total. The summed E-state index contributed by atoms with van der Waals surface area (Å²) in [5.74, 6) is 2.88. The lowest BCUT2D eigenvalue weighted by Gasteiger charge is -2.21. The summed E-state index contributed by atoms with van der Waals surface area (Å²) in [5, 5.41) is 0. The summed E-state index contributed by atoms with van der Waals surface area (Å²) in [6.07, 6.45) is 7.55. The van der Waals surface area contributed by atoms with Gasteiger partial charge in [-0.3, -0.25) is 9.36 Å². The van der Waals surface area contributed by atoms with Gasteiger partial charge in [-0.05, 0) is 37.3 Å². The number of hydrogen-bond acceptors (Lipinski definition) is 6. The van der Waals surface area contributed by atoms with Crippen LogP contribution in [0.2, 0.25) is 0 Å². The van der Waals surface area contributed by atoms with Crippen molar-refractivity contribution in [2.75, 3.05) is 6.79 Å². The van der Waals surface area contributed by atoms with Crippen molar-refractivity contribution in [1.29, 1.82) is 0 Å². The summed E-state index contributed by atoms with van der Waals surface area (Å²) in [6.45, 7) is 2.79. The molecular formula is C22H25N3O4. The fraction of sp³-hybridized carbons (Fsp3) is 0.500. The van der Waals surface area contributed by atoms with Crippen LogP contribution in [0.15, 0.2) is 28.0 Å². The molecule has 1 aromatic heterocycles. The SMILES string of the molecule is CCCn1c(Oc2ccc3c(c2)OCO3)nc2c(c1=O)CC(C1CCCCC1)=N2. The standard InChI is InChI=1S/C22H25N3O4/c1-2-10-25-21(26)16-12-17(14-6-4-3-5-7-14)23-20(16)24-22(25)29-15-8-9-18-19(11-15)28-13-27-18/h8-9,11,14H,2-7,10,12-13H2,1H3. The zero-order valence-electron chi connectivity index (χ0n) is 16.6. The van der Waals surface area contributed by atoms with Crippen LogP contribution in [-0.2, 0) is 13.0 Å². The average Bonchev–Trinajstić information content (AvgIpc) is 3.38. The molecule has 1 saturated carbocycles. The highest BCUT2D eigenvalue weighted by Gasteiger charge is 2.29. The van der Waals surface area contributed by atoms with E-state index in [1.54, 1.807) is 22.8 Å². The molecule has 1 fully saturated rings. The molecule has 3 heterocycles. The maximum atomic E-state index is 13.2. The maximum Gasteiger partial charge on any atom is 0.306 e. The van der Waals surface area contributed by atoms with Crippen LogP contribution in [0, 0.1) is 5.92 Å². The molecule has 1 aliphatic carbocycles. The van der Waals surface area contributed by atoms with Crippen molar-refractivity contribution in [3.05, 3.63) is 34.1 Å². The van der Waals surface area contributed by atoms with Gasteiger partial charge in [-0.1, -0.05) is 26.2 Å². The summed E-state index contributed by atoms with van der Waals surface area (Å²) in [5.41, 5.74) is 1.78. The second-order valence-electron chi connectivity index (χ2n) is 7.89. The largest absolute Gasteiger partial charge is 0.454 e. The van der Waals surface area contributed by atoms with Gasteiger partial charge in [0.15, 0.2) is 17.3 Å². The van der Waals surface area contributed by atoms with Crippen LogP contribution in [0.1, 0.15) is 51.0 Å². The highest BCUT2D eigenvalue weighted by Crippen LogP contribution is 2.37. The minimum absolute atomic E-state index is 0.0397. The highest BCUT2D eigenvalue weighted by atomic mass is 16.7. The van der Waals surface area contributed by atoms with Crippen molar-refractivity contribution in [3.63, 3.8) is 0 Å². The first kappa shape index (κ1) is 18.2. The van der Waals surface area contributed by atoms with E-state index in [0.29, 0.717) is 47.5 Å². The molecule has 0 spiro atoms. The van der Waals surface area contributed by atoms with Gasteiger partial charge in [0.1, 0.15) is 5.75 Å². The number of nitrogens with zero attached hydrogens (tertiary/aromatic N) is 3. The molecule has 2 aliphatic heterocycles. The van der Waals surface area contributed by atoms with E-state index >= 15 is 0 Å². The van der Waals surface area contributed by atoms with E-state index in [4.69, 9.17) is 19.2 Å². The number of rotatable bonds is 5. The number of aromatic nitrogens is 2. The third kappa shape index (κ3) is 3.39. The third-order valence-corrected chi connectivity index (χ3v) is 5.89. The number of hydrogen-bond donors (Lipinski definition) is 0. The van der Waals surface area contributed by atoms with Gasteiger partial charge in [-0.15, -0.1) is 0 Å². The Labute approximate surface area is 169 Å². The molecular weight excluding hydrogens is 370 g/mol. The molecule has 0 unspecified atom stereocenters. The molecule has 5 rings (SSSR count). The molecule has 2 aromatic rings. The zero-order chi connectivity index (χ0) is 19.8. The van der Waals surface area contributed by atoms with Gasteiger partial charge in [0.2, 0.25) is 6.79 Å². The molecule has 0 atom stereocenters. The van der Waals surface area contributed by atoms with Crippen LogP contribution in [0.4, 0.5) is 5.82 Å². The topological polar surface area (TPSA) is 74.9 Å². The predicted molar refractivity (Wildman–Crippen MR) is 109 cm³/mol. The molecule has 29 heavy (non-hydrogen) atoms. The Bertz CT molecular complexity index is 1020. The van der Waals surface area contributed by atoms with Crippen molar-refractivity contribution in [2.45, 2.75) is 58.4 Å². The Balaban J connectivity index is 1.49. The zero-order valence-corrected chi connectivity index (χ0v) is 16.6. The number of fused-ring (bicyclic) bond motifs is 2. The van der Waals surface area contributed by atoms with Crippen molar-refractivity contribution in [2.24, 2.45) is 10.9 Å². The second kappa shape index (κ2) is 7.54. The van der Waals surface area contributed by atoms with Gasteiger partial charge in [0.25, 0.3) is 5.56 Å². The molecule has 0 saturated heterocycles. The molecule has 1 aromatic carbocycles. The first-order valence-corrected chi connectivity index (χ1v) is 10.5. The summed E-state index contributed by atoms with van der Waals surface area (Å²) in [7, 11) is 0. The van der Waals surface area contributed by atoms with Gasteiger partial charge in [0.05, 0.1) is 5.56 Å². The minimum Gasteiger partial charge on any atom is -0.454 e. The van der Waals surface area contributed by atoms with E-state index in [1.165, 1.54) is 19.3 Å². The van der Waals surface area contributed by atoms with Gasteiger partial charge in [-0.25, -0.2) is 4.99 Å². The van der Waals surface area contributed by atoms with Gasteiger partial charge in [0, 0.05) is 24.7 Å². The van der Waals surface area contributed by atoms with Crippen LogP contribution in [0.25, 0.3) is 0 Å². The Morgan fingerprint density at radius 1 is 1.17 bits per heavy atom. The Morgan fingerprint density at radius 2 is 2.00 bits per heavy atom. The van der Waals surface area contributed by atoms with Crippen molar-refractivity contribution in [1.82, 2.24) is 9.55 Å². The maximum absolute atomic E-state index is 13.2. The second-order valence-corrected chi connectivity index (χ2v) is 7.89. The predicted octanol–water partition coefficient (Wildman–Crippen LogP) is 4.38. The minimum atomic E-state index is -0.0397. The molecule has 0 radical (unpaired) electrons. The summed E-state index contributed by atoms with van der Waals surface area (Å²) >= 11 is 0. The molecule has 7 nitrogen and oxygen atoms in total. The first-order chi connectivity index (χ1) is 14.2. The highest BCUT2D eigenvalue weighted by molar-refractivity contribution is 5.94. The summed E-state index contributed by atoms with van der Waals surface area (Å²) in [6, 6.07) is 5.63. The molecule has 7 heteroatoms. The van der Waals surface area contributed by atoms with Crippen LogP contribution in [0.5, 0.6) is 23.3 Å². The Morgan fingerprint density at radius 3 is 2.83 bits per heavy atom. The lowest BCUT2D eigenvalue weighted by molar-refractivity contribution is 0.174. The Kier molecular flexibility index (Phi) is 4.73. The van der Waals surface area contributed by atoms with Crippen LogP contribution in [0.3, 0.4) is 0 Å². The average molecular weight is 395 g/mol. The monoisotopic (exact) mass is 395 g/mol. The smallest absolute Gasteiger partial charge is 0.306 e. The lowest BCUT2D eigenvalue weighted by atomic mass is 9.84. The lowest BCUT2D eigenvalue weighted by Crippen LogP contribution is -2.27. The van der Waals surface area contributed by atoms with E-state index < -0.39 is 0 Å². The molecule has 0 bridgehead atoms. The third-order valence-electron chi connectivity index (χ3n) is 5.89. The van der Waals surface area contributed by atoms with Crippen LogP contribution >= 0.6 is 0 Å². The first-order valence-electron chi connectivity index (χ1n) is 10.5. The fourth-order valence-electron chi connectivity index (χ4n) is 4.38. The molecule has 0 amide bonds. The van der Waals surface area contributed by atoms with Crippen LogP contribution < -0.4 is 19.8 Å². The van der Waals surface area contributed by atoms with Crippen molar-refractivity contribution >= 4 is 11.5 Å². The number of benzene rings is 1. The van der Waals surface area contributed by atoms with Crippen molar-refractivity contribution in [3.8, 4) is 23.3 Å². The quantitative estimate of drug-likeness (QED) is 0.751. The number of aliphatic imine (C=N–C) groups is 1. The van der Waals surface area contributed by atoms with E-state index in [-0.39, 0.29) is 18.4 Å². The number of ether oxygens (including phenoxy) is 3. The van der Waals surface area contributed by atoms with Gasteiger partial charge in [-0.2, -0.15) is 4.98 Å². The Hall–Kier alpha value is -2.83. The molecule has 3 aliphatic rings.